The number of amides is 1. The Hall–Kier alpha value is -0.610. The van der Waals surface area contributed by atoms with Crippen LogP contribution in [0.5, 0.6) is 0 Å². The summed E-state index contributed by atoms with van der Waals surface area (Å²) in [6.07, 6.45) is 2.24. The molecule has 1 N–H and O–H groups in total. The lowest BCUT2D eigenvalue weighted by atomic mass is 10.1. The van der Waals surface area contributed by atoms with Crippen molar-refractivity contribution in [1.29, 1.82) is 0 Å². The van der Waals surface area contributed by atoms with E-state index in [1.807, 2.05) is 6.92 Å². The van der Waals surface area contributed by atoms with Gasteiger partial charge in [0.2, 0.25) is 0 Å². The molecule has 0 radical (unpaired) electrons. The molecule has 1 fully saturated rings. The molecule has 1 aliphatic carbocycles. The van der Waals surface area contributed by atoms with Gasteiger partial charge >= 0.3 is 0 Å². The van der Waals surface area contributed by atoms with Crippen molar-refractivity contribution < 1.29 is 4.79 Å². The van der Waals surface area contributed by atoms with Crippen LogP contribution >= 0.6 is 22.9 Å². The first-order valence-corrected chi connectivity index (χ1v) is 6.33. The third-order valence-corrected chi connectivity index (χ3v) is 4.06. The number of halogens is 1. The van der Waals surface area contributed by atoms with Gasteiger partial charge in [0.15, 0.2) is 0 Å². The van der Waals surface area contributed by atoms with Gasteiger partial charge in [0.05, 0.1) is 5.01 Å². The van der Waals surface area contributed by atoms with Crippen LogP contribution in [0.4, 0.5) is 0 Å². The van der Waals surface area contributed by atoms with Crippen LogP contribution in [0.2, 0.25) is 0 Å². The Morgan fingerprint density at radius 1 is 1.73 bits per heavy atom. The van der Waals surface area contributed by atoms with Crippen LogP contribution in [0.25, 0.3) is 0 Å². The first kappa shape index (κ1) is 10.9. The molecular formula is C10H13ClN2OS. The fourth-order valence-electron chi connectivity index (χ4n) is 1.36. The van der Waals surface area contributed by atoms with Crippen LogP contribution in [0, 0.1) is 12.3 Å². The number of alkyl halides is 1. The van der Waals surface area contributed by atoms with Gasteiger partial charge in [-0.05, 0) is 19.8 Å². The molecule has 82 valence electrons. The quantitative estimate of drug-likeness (QED) is 0.826. The van der Waals surface area contributed by atoms with Gasteiger partial charge in [-0.3, -0.25) is 4.79 Å². The van der Waals surface area contributed by atoms with Crippen molar-refractivity contribution in [3.63, 3.8) is 0 Å². The lowest BCUT2D eigenvalue weighted by Crippen LogP contribution is -2.31. The van der Waals surface area contributed by atoms with Gasteiger partial charge in [0.1, 0.15) is 5.69 Å². The van der Waals surface area contributed by atoms with Crippen molar-refractivity contribution in [2.24, 2.45) is 5.41 Å². The normalized spacial score (nSPS) is 17.5. The zero-order valence-corrected chi connectivity index (χ0v) is 10.1. The number of thiazole rings is 1. The number of aromatic nitrogens is 1. The van der Waals surface area contributed by atoms with E-state index < -0.39 is 0 Å². The van der Waals surface area contributed by atoms with Gasteiger partial charge in [-0.1, -0.05) is 0 Å². The second-order valence-electron chi connectivity index (χ2n) is 4.07. The Labute approximate surface area is 97.9 Å². The Bertz CT molecular complexity index is 373. The number of nitrogens with zero attached hydrogens (tertiary/aromatic N) is 1. The van der Waals surface area contributed by atoms with Crippen LogP contribution in [-0.2, 0) is 0 Å². The molecule has 2 rings (SSSR count). The minimum Gasteiger partial charge on any atom is -0.350 e. The number of rotatable bonds is 4. The van der Waals surface area contributed by atoms with Crippen molar-refractivity contribution in [1.82, 2.24) is 10.3 Å². The van der Waals surface area contributed by atoms with Crippen molar-refractivity contribution >= 4 is 28.8 Å². The zero-order chi connectivity index (χ0) is 10.9. The Morgan fingerprint density at radius 2 is 2.47 bits per heavy atom. The molecule has 0 unspecified atom stereocenters. The van der Waals surface area contributed by atoms with E-state index in [0.29, 0.717) is 18.1 Å². The van der Waals surface area contributed by atoms with Crippen LogP contribution < -0.4 is 5.32 Å². The van der Waals surface area contributed by atoms with E-state index in [1.54, 1.807) is 5.38 Å². The predicted molar refractivity (Wildman–Crippen MR) is 61.6 cm³/mol. The minimum absolute atomic E-state index is 0.0873. The lowest BCUT2D eigenvalue weighted by Gasteiger charge is -2.11. The predicted octanol–water partition coefficient (Wildman–Crippen LogP) is 2.20. The lowest BCUT2D eigenvalue weighted by molar-refractivity contribution is 0.0942. The van der Waals surface area contributed by atoms with Crippen molar-refractivity contribution in [3.05, 3.63) is 16.1 Å². The number of hydrogen-bond acceptors (Lipinski definition) is 3. The topological polar surface area (TPSA) is 42.0 Å². The third-order valence-electron chi connectivity index (χ3n) is 2.72. The number of carbonyl (C=O) groups is 1. The van der Waals surface area contributed by atoms with E-state index >= 15 is 0 Å². The summed E-state index contributed by atoms with van der Waals surface area (Å²) in [5, 5.41) is 5.58. The Balaban J connectivity index is 1.88. The van der Waals surface area contributed by atoms with Gasteiger partial charge in [0, 0.05) is 23.2 Å². The molecule has 5 heteroatoms. The fourth-order valence-corrected chi connectivity index (χ4v) is 2.32. The maximum Gasteiger partial charge on any atom is 0.270 e. The third kappa shape index (κ3) is 2.49. The molecule has 1 aromatic heterocycles. The zero-order valence-electron chi connectivity index (χ0n) is 8.55. The molecule has 1 saturated carbocycles. The summed E-state index contributed by atoms with van der Waals surface area (Å²) in [7, 11) is 0. The number of aryl methyl sites for hydroxylation is 1. The number of carbonyl (C=O) groups excluding carboxylic acids is 1. The fraction of sp³-hybridized carbons (Fsp3) is 0.600. The highest BCUT2D eigenvalue weighted by Gasteiger charge is 2.41. The average Bonchev–Trinajstić information content (AvgIpc) is 2.90. The van der Waals surface area contributed by atoms with Gasteiger partial charge in [-0.15, -0.1) is 22.9 Å². The molecule has 1 amide bonds. The average molecular weight is 245 g/mol. The summed E-state index contributed by atoms with van der Waals surface area (Å²) < 4.78 is 0. The molecular weight excluding hydrogens is 232 g/mol. The molecule has 1 aliphatic rings. The van der Waals surface area contributed by atoms with Gasteiger partial charge in [-0.2, -0.15) is 0 Å². The Morgan fingerprint density at radius 3 is 2.93 bits per heavy atom. The number of hydrogen-bond donors (Lipinski definition) is 1. The standard InChI is InChI=1S/C10H13ClN2OS/c1-7-13-8(4-15-7)9(14)12-6-10(5-11)2-3-10/h4H,2-3,5-6H2,1H3,(H,12,14). The summed E-state index contributed by atoms with van der Waals surface area (Å²) in [6.45, 7) is 2.56. The first-order valence-electron chi connectivity index (χ1n) is 4.91. The molecule has 15 heavy (non-hydrogen) atoms. The molecule has 1 heterocycles. The van der Waals surface area contributed by atoms with Crippen molar-refractivity contribution in [2.45, 2.75) is 19.8 Å². The minimum atomic E-state index is -0.0873. The van der Waals surface area contributed by atoms with Gasteiger partial charge < -0.3 is 5.32 Å². The van der Waals surface area contributed by atoms with Crippen LogP contribution in [-0.4, -0.2) is 23.3 Å². The smallest absolute Gasteiger partial charge is 0.270 e. The van der Waals surface area contributed by atoms with Crippen molar-refractivity contribution in [3.8, 4) is 0 Å². The SMILES string of the molecule is Cc1nc(C(=O)NCC2(CCl)CC2)cs1. The van der Waals surface area contributed by atoms with Gasteiger partial charge in [-0.25, -0.2) is 4.98 Å². The molecule has 0 saturated heterocycles. The van der Waals surface area contributed by atoms with Crippen LogP contribution in [0.15, 0.2) is 5.38 Å². The highest BCUT2D eigenvalue weighted by Crippen LogP contribution is 2.45. The van der Waals surface area contributed by atoms with E-state index in [1.165, 1.54) is 11.3 Å². The summed E-state index contributed by atoms with van der Waals surface area (Å²) in [6, 6.07) is 0. The second kappa shape index (κ2) is 4.10. The molecule has 0 atom stereocenters. The molecule has 0 bridgehead atoms. The highest BCUT2D eigenvalue weighted by molar-refractivity contribution is 7.09. The van der Waals surface area contributed by atoms with Crippen molar-refractivity contribution in [2.75, 3.05) is 12.4 Å². The first-order chi connectivity index (χ1) is 7.15. The molecule has 0 aromatic carbocycles. The summed E-state index contributed by atoms with van der Waals surface area (Å²) in [5.41, 5.74) is 0.685. The van der Waals surface area contributed by atoms with Gasteiger partial charge in [0.25, 0.3) is 5.91 Å². The van der Waals surface area contributed by atoms with E-state index in [-0.39, 0.29) is 11.3 Å². The van der Waals surface area contributed by atoms with Crippen LogP contribution in [0.3, 0.4) is 0 Å². The second-order valence-corrected chi connectivity index (χ2v) is 5.40. The van der Waals surface area contributed by atoms with E-state index in [9.17, 15) is 4.79 Å². The van der Waals surface area contributed by atoms with E-state index in [0.717, 1.165) is 17.8 Å². The van der Waals surface area contributed by atoms with E-state index in [4.69, 9.17) is 11.6 Å². The summed E-state index contributed by atoms with van der Waals surface area (Å²) in [4.78, 5) is 15.8. The molecule has 1 aromatic rings. The van der Waals surface area contributed by atoms with Crippen LogP contribution in [0.1, 0.15) is 28.3 Å². The summed E-state index contributed by atoms with van der Waals surface area (Å²) >= 11 is 7.31. The molecule has 0 aliphatic heterocycles. The Kier molecular flexibility index (Phi) is 2.98. The maximum atomic E-state index is 11.6. The molecule has 3 nitrogen and oxygen atoms in total. The highest BCUT2D eigenvalue weighted by atomic mass is 35.5. The largest absolute Gasteiger partial charge is 0.350 e. The number of nitrogens with one attached hydrogen (secondary N) is 1. The monoisotopic (exact) mass is 244 g/mol. The maximum absolute atomic E-state index is 11.6. The molecule has 0 spiro atoms. The summed E-state index contributed by atoms with van der Waals surface area (Å²) in [5.74, 6) is 0.541. The van der Waals surface area contributed by atoms with E-state index in [2.05, 4.69) is 10.3 Å².